The average Bonchev–Trinajstić information content (AvgIpc) is 2.45. The summed E-state index contributed by atoms with van der Waals surface area (Å²) in [6.07, 6.45) is 6.49. The molecule has 0 spiro atoms. The molecule has 1 aromatic carbocycles. The van der Waals surface area contributed by atoms with Crippen LogP contribution in [0.5, 0.6) is 0 Å². The maximum absolute atomic E-state index is 5.79. The maximum Gasteiger partial charge on any atom is 0.0720 e. The molecule has 0 aliphatic heterocycles. The van der Waals surface area contributed by atoms with Gasteiger partial charge in [-0.2, -0.15) is 0 Å². The van der Waals surface area contributed by atoms with Crippen molar-refractivity contribution in [3.63, 3.8) is 0 Å². The van der Waals surface area contributed by atoms with Crippen molar-refractivity contribution in [2.45, 2.75) is 59.1 Å². The fourth-order valence-electron chi connectivity index (χ4n) is 2.12. The largest absolute Gasteiger partial charge is 0.377 e. The van der Waals surface area contributed by atoms with Crippen molar-refractivity contribution in [2.24, 2.45) is 0 Å². The van der Waals surface area contributed by atoms with E-state index in [1.807, 2.05) is 0 Å². The molecule has 0 saturated carbocycles. The minimum absolute atomic E-state index is 0.745. The van der Waals surface area contributed by atoms with Crippen LogP contribution in [0.3, 0.4) is 0 Å². The van der Waals surface area contributed by atoms with Gasteiger partial charge in [0.15, 0.2) is 0 Å². The maximum atomic E-state index is 5.79. The van der Waals surface area contributed by atoms with Crippen LogP contribution in [0, 0.1) is 0 Å². The summed E-state index contributed by atoms with van der Waals surface area (Å²) < 4.78 is 5.79. The Bertz CT molecular complexity index is 325. The zero-order valence-corrected chi connectivity index (χ0v) is 12.6. The number of hydrogen-bond acceptors (Lipinski definition) is 2. The lowest BCUT2D eigenvalue weighted by Crippen LogP contribution is -2.13. The van der Waals surface area contributed by atoms with Crippen LogP contribution in [0.1, 0.15) is 57.1 Å². The van der Waals surface area contributed by atoms with E-state index in [0.29, 0.717) is 0 Å². The number of rotatable bonds is 11. The van der Waals surface area contributed by atoms with Crippen LogP contribution >= 0.6 is 0 Å². The van der Waals surface area contributed by atoms with Crippen molar-refractivity contribution < 1.29 is 4.74 Å². The van der Waals surface area contributed by atoms with Crippen molar-refractivity contribution in [3.05, 3.63) is 35.4 Å². The molecule has 0 aliphatic rings. The van der Waals surface area contributed by atoms with Gasteiger partial charge in [-0.3, -0.25) is 0 Å². The van der Waals surface area contributed by atoms with Gasteiger partial charge in [-0.05, 0) is 24.1 Å². The second kappa shape index (κ2) is 11.0. The highest BCUT2D eigenvalue weighted by molar-refractivity contribution is 5.26. The minimum Gasteiger partial charge on any atom is -0.377 e. The Morgan fingerprint density at radius 2 is 1.68 bits per heavy atom. The van der Waals surface area contributed by atoms with Gasteiger partial charge in [0.25, 0.3) is 0 Å². The number of hydrogen-bond donors (Lipinski definition) is 1. The van der Waals surface area contributed by atoms with Gasteiger partial charge >= 0.3 is 0 Å². The van der Waals surface area contributed by atoms with E-state index in [1.54, 1.807) is 0 Å². The number of ether oxygens (including phenoxy) is 1. The van der Waals surface area contributed by atoms with Crippen LogP contribution in [0.15, 0.2) is 24.3 Å². The van der Waals surface area contributed by atoms with Gasteiger partial charge in [0.05, 0.1) is 6.61 Å². The van der Waals surface area contributed by atoms with E-state index >= 15 is 0 Å². The third kappa shape index (κ3) is 7.34. The smallest absolute Gasteiger partial charge is 0.0720 e. The molecule has 0 bridgehead atoms. The van der Waals surface area contributed by atoms with Gasteiger partial charge in [0, 0.05) is 13.2 Å². The highest BCUT2D eigenvalue weighted by atomic mass is 16.5. The quantitative estimate of drug-likeness (QED) is 0.602. The first-order valence-corrected chi connectivity index (χ1v) is 7.73. The van der Waals surface area contributed by atoms with Gasteiger partial charge in [-0.1, -0.05) is 63.8 Å². The molecular weight excluding hydrogens is 234 g/mol. The molecule has 0 heterocycles. The van der Waals surface area contributed by atoms with Gasteiger partial charge in [-0.15, -0.1) is 0 Å². The van der Waals surface area contributed by atoms with Crippen molar-refractivity contribution in [1.29, 1.82) is 0 Å². The predicted molar refractivity (Wildman–Crippen MR) is 82.2 cm³/mol. The number of nitrogens with one attached hydrogen (secondary N) is 1. The van der Waals surface area contributed by atoms with Crippen LogP contribution in [0.25, 0.3) is 0 Å². The normalized spacial score (nSPS) is 10.8. The predicted octanol–water partition coefficient (Wildman–Crippen LogP) is 4.28. The van der Waals surface area contributed by atoms with Crippen LogP contribution < -0.4 is 5.32 Å². The van der Waals surface area contributed by atoms with Crippen LogP contribution in [0.2, 0.25) is 0 Å². The molecule has 2 nitrogen and oxygen atoms in total. The first-order chi connectivity index (χ1) is 9.38. The Balaban J connectivity index is 2.21. The SMILES string of the molecule is CCCCCCCOCc1ccccc1CNCC. The lowest BCUT2D eigenvalue weighted by atomic mass is 10.1. The standard InChI is InChI=1S/C17H29NO/c1-3-5-6-7-10-13-19-15-17-12-9-8-11-16(17)14-18-4-2/h8-9,11-12,18H,3-7,10,13-15H2,1-2H3. The zero-order chi connectivity index (χ0) is 13.8. The lowest BCUT2D eigenvalue weighted by molar-refractivity contribution is 0.116. The molecule has 1 aromatic rings. The third-order valence-electron chi connectivity index (χ3n) is 3.33. The van der Waals surface area contributed by atoms with Crippen LogP contribution in [0.4, 0.5) is 0 Å². The molecule has 0 saturated heterocycles. The highest BCUT2D eigenvalue weighted by Crippen LogP contribution is 2.11. The van der Waals surface area contributed by atoms with E-state index in [2.05, 4.69) is 43.4 Å². The third-order valence-corrected chi connectivity index (χ3v) is 3.33. The monoisotopic (exact) mass is 263 g/mol. The zero-order valence-electron chi connectivity index (χ0n) is 12.6. The molecule has 0 aromatic heterocycles. The molecule has 2 heteroatoms. The molecule has 108 valence electrons. The topological polar surface area (TPSA) is 21.3 Å². The van der Waals surface area contributed by atoms with E-state index in [-0.39, 0.29) is 0 Å². The first kappa shape index (κ1) is 16.2. The molecule has 0 aliphatic carbocycles. The number of benzene rings is 1. The van der Waals surface area contributed by atoms with Gasteiger partial charge in [0.2, 0.25) is 0 Å². The first-order valence-electron chi connectivity index (χ1n) is 7.73. The van der Waals surface area contributed by atoms with E-state index in [0.717, 1.165) is 26.3 Å². The summed E-state index contributed by atoms with van der Waals surface area (Å²) in [5, 5.41) is 3.37. The summed E-state index contributed by atoms with van der Waals surface area (Å²) >= 11 is 0. The summed E-state index contributed by atoms with van der Waals surface area (Å²) in [4.78, 5) is 0. The molecule has 0 fully saturated rings. The van der Waals surface area contributed by atoms with Gasteiger partial charge in [-0.25, -0.2) is 0 Å². The Morgan fingerprint density at radius 3 is 2.42 bits per heavy atom. The van der Waals surface area contributed by atoms with Crippen molar-refractivity contribution in [2.75, 3.05) is 13.2 Å². The summed E-state index contributed by atoms with van der Waals surface area (Å²) in [5.41, 5.74) is 2.67. The van der Waals surface area contributed by atoms with E-state index in [4.69, 9.17) is 4.74 Å². The average molecular weight is 263 g/mol. The lowest BCUT2D eigenvalue weighted by Gasteiger charge is -2.10. The molecule has 0 atom stereocenters. The molecule has 0 radical (unpaired) electrons. The highest BCUT2D eigenvalue weighted by Gasteiger charge is 2.01. The van der Waals surface area contributed by atoms with Crippen LogP contribution in [-0.2, 0) is 17.9 Å². The number of unbranched alkanes of at least 4 members (excludes halogenated alkanes) is 4. The minimum atomic E-state index is 0.745. The van der Waals surface area contributed by atoms with E-state index in [9.17, 15) is 0 Å². The van der Waals surface area contributed by atoms with E-state index in [1.165, 1.54) is 43.2 Å². The summed E-state index contributed by atoms with van der Waals surface area (Å²) in [6.45, 7) is 7.96. The Kier molecular flexibility index (Phi) is 9.38. The molecule has 0 unspecified atom stereocenters. The summed E-state index contributed by atoms with van der Waals surface area (Å²) in [6, 6.07) is 8.54. The fourth-order valence-corrected chi connectivity index (χ4v) is 2.12. The van der Waals surface area contributed by atoms with Crippen molar-refractivity contribution in [3.8, 4) is 0 Å². The summed E-state index contributed by atoms with van der Waals surface area (Å²) in [5.74, 6) is 0. The molecule has 1 rings (SSSR count). The van der Waals surface area contributed by atoms with Gasteiger partial charge < -0.3 is 10.1 Å². The molecule has 1 N–H and O–H groups in total. The van der Waals surface area contributed by atoms with Gasteiger partial charge in [0.1, 0.15) is 0 Å². The van der Waals surface area contributed by atoms with Crippen molar-refractivity contribution in [1.82, 2.24) is 5.32 Å². The Morgan fingerprint density at radius 1 is 0.947 bits per heavy atom. The second-order valence-corrected chi connectivity index (χ2v) is 5.02. The Labute approximate surface area is 118 Å². The fraction of sp³-hybridized carbons (Fsp3) is 0.647. The molecule has 19 heavy (non-hydrogen) atoms. The Hall–Kier alpha value is -0.860. The second-order valence-electron chi connectivity index (χ2n) is 5.02. The van der Waals surface area contributed by atoms with Crippen molar-refractivity contribution >= 4 is 0 Å². The molecule has 0 amide bonds. The van der Waals surface area contributed by atoms with Crippen LogP contribution in [-0.4, -0.2) is 13.2 Å². The molecular formula is C17H29NO. The van der Waals surface area contributed by atoms with E-state index < -0.39 is 0 Å². The summed E-state index contributed by atoms with van der Waals surface area (Å²) in [7, 11) is 0.